The van der Waals surface area contributed by atoms with Gasteiger partial charge in [0.1, 0.15) is 10.3 Å². The van der Waals surface area contributed by atoms with Gasteiger partial charge in [0, 0.05) is 0 Å². The Morgan fingerprint density at radius 1 is 0.696 bits per heavy atom. The average Bonchev–Trinajstić information content (AvgIpc) is 2.36. The molecule has 132 valence electrons. The van der Waals surface area contributed by atoms with Crippen molar-refractivity contribution in [3.63, 3.8) is 0 Å². The molecule has 0 aromatic carbocycles. The molecule has 1 heterocycles. The van der Waals surface area contributed by atoms with E-state index in [0.29, 0.717) is 6.07 Å². The lowest BCUT2D eigenvalue weighted by atomic mass is 9.96. The monoisotopic (exact) mass is 425 g/mol. The van der Waals surface area contributed by atoms with Crippen molar-refractivity contribution in [3.8, 4) is 0 Å². The summed E-state index contributed by atoms with van der Waals surface area (Å²) in [5.74, 6) is -28.0. The van der Waals surface area contributed by atoms with E-state index in [9.17, 15) is 48.3 Å². The molecule has 0 N–H and O–H groups in total. The van der Waals surface area contributed by atoms with Gasteiger partial charge in [0.25, 0.3) is 0 Å². The zero-order valence-electron chi connectivity index (χ0n) is 10.2. The summed E-state index contributed by atoms with van der Waals surface area (Å²) in [7, 11) is 0. The molecule has 0 aliphatic heterocycles. The van der Waals surface area contributed by atoms with Gasteiger partial charge in [-0.15, -0.1) is 0 Å². The number of hydrogen-bond donors (Lipinski definition) is 0. The molecular weight excluding hydrogens is 423 g/mol. The minimum absolute atomic E-state index is 0.0699. The average molecular weight is 426 g/mol. The predicted molar refractivity (Wildman–Crippen MR) is 56.7 cm³/mol. The van der Waals surface area contributed by atoms with Gasteiger partial charge in [0.2, 0.25) is 0 Å². The fourth-order valence-electron chi connectivity index (χ4n) is 1.32. The molecule has 0 radical (unpaired) electrons. The maximum atomic E-state index is 13.5. The molecule has 13 heteroatoms. The first-order valence-electron chi connectivity index (χ1n) is 5.21. The Morgan fingerprint density at radius 3 is 1.57 bits per heavy atom. The first kappa shape index (κ1) is 19.9. The van der Waals surface area contributed by atoms with Gasteiger partial charge >= 0.3 is 29.9 Å². The van der Waals surface area contributed by atoms with E-state index >= 15 is 0 Å². The third-order valence-corrected chi connectivity index (χ3v) is 3.02. The molecule has 0 saturated heterocycles. The minimum Gasteiger partial charge on any atom is -0.239 e. The molecule has 1 rings (SSSR count). The normalized spacial score (nSPS) is 15.0. The Morgan fingerprint density at radius 2 is 1.17 bits per heavy atom. The number of halogens is 12. The molecule has 1 aromatic heterocycles. The second-order valence-electron chi connectivity index (χ2n) is 4.14. The third-order valence-electron chi connectivity index (χ3n) is 2.58. The molecule has 0 fully saturated rings. The van der Waals surface area contributed by atoms with Crippen LogP contribution in [-0.4, -0.2) is 28.9 Å². The van der Waals surface area contributed by atoms with Crippen molar-refractivity contribution in [3.05, 3.63) is 28.5 Å². The maximum absolute atomic E-state index is 13.5. The first-order chi connectivity index (χ1) is 10.00. The van der Waals surface area contributed by atoms with Crippen LogP contribution in [0.25, 0.3) is 0 Å². The zero-order valence-corrected chi connectivity index (χ0v) is 11.8. The first-order valence-corrected chi connectivity index (χ1v) is 6.00. The summed E-state index contributed by atoms with van der Waals surface area (Å²) in [6, 6.07) is 1.59. The van der Waals surface area contributed by atoms with E-state index in [4.69, 9.17) is 0 Å². The van der Waals surface area contributed by atoms with Crippen LogP contribution in [0.2, 0.25) is 0 Å². The lowest BCUT2D eigenvalue weighted by Gasteiger charge is -2.36. The fourth-order valence-corrected chi connectivity index (χ4v) is 1.66. The molecule has 0 amide bonds. The Balaban J connectivity index is 3.49. The summed E-state index contributed by atoms with van der Waals surface area (Å²) >= 11 is 2.44. The van der Waals surface area contributed by atoms with Crippen molar-refractivity contribution in [2.45, 2.75) is 29.9 Å². The Bertz CT molecular complexity index is 580. The number of hydrogen-bond acceptors (Lipinski definition) is 1. The summed E-state index contributed by atoms with van der Waals surface area (Å²) in [4.78, 5) is 2.70. The highest BCUT2D eigenvalue weighted by Crippen LogP contribution is 2.59. The van der Waals surface area contributed by atoms with Crippen molar-refractivity contribution in [1.82, 2.24) is 4.98 Å². The van der Waals surface area contributed by atoms with Crippen LogP contribution in [0.4, 0.5) is 48.3 Å². The molecule has 0 aliphatic carbocycles. The van der Waals surface area contributed by atoms with E-state index < -0.39 is 40.2 Å². The van der Waals surface area contributed by atoms with Gasteiger partial charge in [-0.25, -0.2) is 4.98 Å². The van der Waals surface area contributed by atoms with E-state index in [1.54, 1.807) is 0 Å². The summed E-state index contributed by atoms with van der Waals surface area (Å²) < 4.78 is 140. The van der Waals surface area contributed by atoms with Gasteiger partial charge in [-0.1, -0.05) is 6.07 Å². The molecule has 1 aromatic rings. The molecule has 23 heavy (non-hydrogen) atoms. The largest absolute Gasteiger partial charge is 0.460 e. The van der Waals surface area contributed by atoms with Crippen molar-refractivity contribution >= 4 is 15.9 Å². The molecule has 1 nitrogen and oxygen atoms in total. The standard InChI is InChI=1S/C10H3BrF11N/c11-5-3-1-2-4(23-5)6(12,13)7(14,15)8(16,17)9(18,19)10(20,21)22/h1-3H. The molecule has 0 atom stereocenters. The number of rotatable bonds is 4. The summed E-state index contributed by atoms with van der Waals surface area (Å²) in [6.07, 6.45) is -7.18. The van der Waals surface area contributed by atoms with Crippen LogP contribution in [0.3, 0.4) is 0 Å². The Hall–Kier alpha value is -1.14. The quantitative estimate of drug-likeness (QED) is 0.464. The molecule has 0 saturated carbocycles. The van der Waals surface area contributed by atoms with Gasteiger partial charge in [-0.05, 0) is 28.1 Å². The smallest absolute Gasteiger partial charge is 0.239 e. The summed E-state index contributed by atoms with van der Waals surface area (Å²) in [5.41, 5.74) is -2.12. The van der Waals surface area contributed by atoms with Gasteiger partial charge < -0.3 is 0 Å². The van der Waals surface area contributed by atoms with Crippen molar-refractivity contribution in [2.24, 2.45) is 0 Å². The van der Waals surface area contributed by atoms with Gasteiger partial charge in [0.05, 0.1) is 0 Å². The second kappa shape index (κ2) is 5.45. The molecule has 0 aliphatic rings. The van der Waals surface area contributed by atoms with Crippen molar-refractivity contribution < 1.29 is 48.3 Å². The summed E-state index contributed by atoms with van der Waals surface area (Å²) in [6.45, 7) is 0. The number of aromatic nitrogens is 1. The Kier molecular flexibility index (Phi) is 4.72. The van der Waals surface area contributed by atoms with Crippen LogP contribution in [0.1, 0.15) is 5.69 Å². The molecular formula is C10H3BrF11N. The third kappa shape index (κ3) is 2.87. The topological polar surface area (TPSA) is 12.9 Å². The van der Waals surface area contributed by atoms with Crippen LogP contribution in [-0.2, 0) is 5.92 Å². The fraction of sp³-hybridized carbons (Fsp3) is 0.500. The van der Waals surface area contributed by atoms with Crippen LogP contribution in [0, 0.1) is 0 Å². The van der Waals surface area contributed by atoms with E-state index in [0.717, 1.165) is 6.07 Å². The van der Waals surface area contributed by atoms with E-state index in [1.807, 2.05) is 0 Å². The van der Waals surface area contributed by atoms with E-state index in [-0.39, 0.29) is 6.07 Å². The Labute approximate surface area is 128 Å². The van der Waals surface area contributed by atoms with Gasteiger partial charge in [-0.3, -0.25) is 0 Å². The van der Waals surface area contributed by atoms with Gasteiger partial charge in [0.15, 0.2) is 0 Å². The van der Waals surface area contributed by atoms with E-state index in [2.05, 4.69) is 20.9 Å². The van der Waals surface area contributed by atoms with Crippen LogP contribution < -0.4 is 0 Å². The number of pyridine rings is 1. The van der Waals surface area contributed by atoms with Crippen molar-refractivity contribution in [2.75, 3.05) is 0 Å². The molecule has 0 unspecified atom stereocenters. The second-order valence-corrected chi connectivity index (χ2v) is 4.95. The van der Waals surface area contributed by atoms with Gasteiger partial charge in [-0.2, -0.15) is 48.3 Å². The SMILES string of the molecule is FC(F)(F)C(F)(F)C(F)(F)C(F)(F)C(F)(F)c1cccc(Br)n1. The number of alkyl halides is 11. The zero-order chi connectivity index (χ0) is 18.5. The summed E-state index contributed by atoms with van der Waals surface area (Å²) in [5, 5.41) is 0. The predicted octanol–water partition coefficient (Wildman–Crippen LogP) is 5.40. The van der Waals surface area contributed by atoms with Crippen LogP contribution in [0.15, 0.2) is 22.8 Å². The van der Waals surface area contributed by atoms with E-state index in [1.165, 1.54) is 0 Å². The maximum Gasteiger partial charge on any atom is 0.460 e. The number of nitrogens with zero attached hydrogens (tertiary/aromatic N) is 1. The van der Waals surface area contributed by atoms with Crippen LogP contribution >= 0.6 is 15.9 Å². The van der Waals surface area contributed by atoms with Crippen molar-refractivity contribution in [1.29, 1.82) is 0 Å². The minimum atomic E-state index is -7.44. The lowest BCUT2D eigenvalue weighted by molar-refractivity contribution is -0.425. The highest BCUT2D eigenvalue weighted by atomic mass is 79.9. The highest BCUT2D eigenvalue weighted by Gasteiger charge is 2.87. The highest BCUT2D eigenvalue weighted by molar-refractivity contribution is 9.10. The van der Waals surface area contributed by atoms with Crippen LogP contribution in [0.5, 0.6) is 0 Å². The molecule has 0 bridgehead atoms. The molecule has 0 spiro atoms. The lowest BCUT2D eigenvalue weighted by Crippen LogP contribution is -2.65.